The second kappa shape index (κ2) is 4.88. The zero-order valence-electron chi connectivity index (χ0n) is 10.8. The first-order chi connectivity index (χ1) is 9.35. The summed E-state index contributed by atoms with van der Waals surface area (Å²) in [5, 5.41) is 4.21. The van der Waals surface area contributed by atoms with E-state index in [0.717, 1.165) is 23.3 Å². The van der Waals surface area contributed by atoms with Crippen molar-refractivity contribution in [2.24, 2.45) is 5.16 Å². The van der Waals surface area contributed by atoms with Gasteiger partial charge in [0, 0.05) is 17.5 Å². The fourth-order valence-corrected chi connectivity index (χ4v) is 2.52. The highest BCUT2D eigenvalue weighted by Gasteiger charge is 2.42. The van der Waals surface area contributed by atoms with Gasteiger partial charge in [-0.2, -0.15) is 0 Å². The van der Waals surface area contributed by atoms with Crippen LogP contribution >= 0.6 is 0 Å². The summed E-state index contributed by atoms with van der Waals surface area (Å²) in [5.74, 6) is 0. The van der Waals surface area contributed by atoms with Gasteiger partial charge in [0.1, 0.15) is 0 Å². The van der Waals surface area contributed by atoms with Gasteiger partial charge in [0.05, 0.1) is 5.71 Å². The van der Waals surface area contributed by atoms with Crippen LogP contribution in [0.2, 0.25) is 0 Å². The number of hydrogen-bond donors (Lipinski definition) is 0. The zero-order chi connectivity index (χ0) is 13.1. The third-order valence-electron chi connectivity index (χ3n) is 3.55. The normalized spacial score (nSPS) is 16.8. The minimum Gasteiger partial charge on any atom is -0.379 e. The number of nitrogens with zero attached hydrogens (tertiary/aromatic N) is 1. The van der Waals surface area contributed by atoms with Crippen LogP contribution in [0.25, 0.3) is 0 Å². The van der Waals surface area contributed by atoms with Crippen molar-refractivity contribution in [1.82, 2.24) is 0 Å². The monoisotopic (exact) mass is 250 g/mol. The van der Waals surface area contributed by atoms with Crippen LogP contribution in [0.15, 0.2) is 65.8 Å². The van der Waals surface area contributed by atoms with Crippen LogP contribution in [0.4, 0.5) is 0 Å². The molecule has 2 nitrogen and oxygen atoms in total. The van der Waals surface area contributed by atoms with E-state index < -0.39 is 5.60 Å². The van der Waals surface area contributed by atoms with Crippen molar-refractivity contribution in [2.75, 3.05) is 0 Å². The highest BCUT2D eigenvalue weighted by molar-refractivity contribution is 5.87. The van der Waals surface area contributed by atoms with Crippen LogP contribution in [0.3, 0.4) is 0 Å². The fraction of sp³-hybridized carbons (Fsp3) is 0.176. The Kier molecular flexibility index (Phi) is 3.08. The SMILES string of the molecule is [CH2]CC1=NOC(c2ccccc2)(c2ccccc2)C1. The maximum Gasteiger partial charge on any atom is 0.193 e. The Bertz CT molecular complexity index is 535. The molecule has 0 saturated carbocycles. The van der Waals surface area contributed by atoms with Gasteiger partial charge in [0.2, 0.25) is 0 Å². The van der Waals surface area contributed by atoms with E-state index >= 15 is 0 Å². The largest absolute Gasteiger partial charge is 0.379 e. The molecular weight excluding hydrogens is 234 g/mol. The summed E-state index contributed by atoms with van der Waals surface area (Å²) < 4.78 is 0. The van der Waals surface area contributed by atoms with Crippen molar-refractivity contribution in [3.8, 4) is 0 Å². The topological polar surface area (TPSA) is 21.6 Å². The van der Waals surface area contributed by atoms with Gasteiger partial charge in [-0.15, -0.1) is 0 Å². The summed E-state index contributed by atoms with van der Waals surface area (Å²) in [5.41, 5.74) is 2.78. The summed E-state index contributed by atoms with van der Waals surface area (Å²) in [7, 11) is 0. The van der Waals surface area contributed by atoms with E-state index in [-0.39, 0.29) is 0 Å². The first kappa shape index (κ1) is 12.0. The average Bonchev–Trinajstić information content (AvgIpc) is 2.95. The van der Waals surface area contributed by atoms with E-state index in [4.69, 9.17) is 4.84 Å². The van der Waals surface area contributed by atoms with Gasteiger partial charge in [0.25, 0.3) is 0 Å². The van der Waals surface area contributed by atoms with Crippen LogP contribution in [0, 0.1) is 6.92 Å². The Morgan fingerprint density at radius 3 is 1.89 bits per heavy atom. The molecule has 1 radical (unpaired) electrons. The molecule has 0 saturated heterocycles. The molecule has 0 amide bonds. The second-order valence-corrected chi connectivity index (χ2v) is 4.73. The molecule has 0 aliphatic carbocycles. The fourth-order valence-electron chi connectivity index (χ4n) is 2.52. The van der Waals surface area contributed by atoms with E-state index in [2.05, 4.69) is 36.3 Å². The third kappa shape index (κ3) is 2.03. The minimum absolute atomic E-state index is 0.491. The predicted molar refractivity (Wildman–Crippen MR) is 76.8 cm³/mol. The third-order valence-corrected chi connectivity index (χ3v) is 3.55. The summed E-state index contributed by atoms with van der Waals surface area (Å²) in [6.07, 6.45) is 1.45. The van der Waals surface area contributed by atoms with Gasteiger partial charge in [-0.25, -0.2) is 0 Å². The van der Waals surface area contributed by atoms with Gasteiger partial charge >= 0.3 is 0 Å². The predicted octanol–water partition coefficient (Wildman–Crippen LogP) is 3.93. The average molecular weight is 250 g/mol. The highest BCUT2D eigenvalue weighted by atomic mass is 16.7. The standard InChI is InChI=1S/C17H16NO/c1-2-16-13-17(19-18-16,14-9-5-3-6-10-14)15-11-7-4-8-12-15/h3-12H,1-2,13H2. The van der Waals surface area contributed by atoms with Crippen LogP contribution in [-0.4, -0.2) is 5.71 Å². The molecule has 95 valence electrons. The molecule has 0 unspecified atom stereocenters. The molecule has 1 aliphatic rings. The first-order valence-corrected chi connectivity index (χ1v) is 6.49. The van der Waals surface area contributed by atoms with Crippen molar-refractivity contribution in [2.45, 2.75) is 18.4 Å². The lowest BCUT2D eigenvalue weighted by Crippen LogP contribution is -2.27. The van der Waals surface area contributed by atoms with Crippen molar-refractivity contribution >= 4 is 5.71 Å². The molecular formula is C17H16NO. The van der Waals surface area contributed by atoms with Crippen LogP contribution in [0.1, 0.15) is 24.0 Å². The molecule has 2 aromatic carbocycles. The maximum atomic E-state index is 5.86. The Balaban J connectivity index is 2.08. The second-order valence-electron chi connectivity index (χ2n) is 4.73. The molecule has 1 heterocycles. The minimum atomic E-state index is -0.491. The van der Waals surface area contributed by atoms with Crippen LogP contribution in [0.5, 0.6) is 0 Å². The number of oxime groups is 1. The van der Waals surface area contributed by atoms with Gasteiger partial charge in [0.15, 0.2) is 5.60 Å². The lowest BCUT2D eigenvalue weighted by atomic mass is 9.82. The summed E-state index contributed by atoms with van der Waals surface area (Å²) in [4.78, 5) is 5.86. The molecule has 2 heteroatoms. The molecule has 1 aliphatic heterocycles. The maximum absolute atomic E-state index is 5.86. The lowest BCUT2D eigenvalue weighted by molar-refractivity contribution is 0.0112. The lowest BCUT2D eigenvalue weighted by Gasteiger charge is -2.27. The van der Waals surface area contributed by atoms with Gasteiger partial charge in [-0.3, -0.25) is 0 Å². The number of rotatable bonds is 3. The quantitative estimate of drug-likeness (QED) is 0.808. The van der Waals surface area contributed by atoms with Crippen LogP contribution in [-0.2, 0) is 10.4 Å². The molecule has 0 atom stereocenters. The molecule has 0 N–H and O–H groups in total. The Hall–Kier alpha value is -2.09. The van der Waals surface area contributed by atoms with Gasteiger partial charge < -0.3 is 4.84 Å². The smallest absolute Gasteiger partial charge is 0.193 e. The van der Waals surface area contributed by atoms with E-state index in [1.165, 1.54) is 0 Å². The molecule has 3 rings (SSSR count). The molecule has 2 aromatic rings. The zero-order valence-corrected chi connectivity index (χ0v) is 10.8. The summed E-state index contributed by atoms with van der Waals surface area (Å²) in [6.45, 7) is 3.91. The van der Waals surface area contributed by atoms with Crippen LogP contribution < -0.4 is 0 Å². The molecule has 0 fully saturated rings. The van der Waals surface area contributed by atoms with Crippen molar-refractivity contribution in [3.63, 3.8) is 0 Å². The molecule has 0 spiro atoms. The Morgan fingerprint density at radius 2 is 1.47 bits per heavy atom. The summed E-state index contributed by atoms with van der Waals surface area (Å²) >= 11 is 0. The van der Waals surface area contributed by atoms with Crippen molar-refractivity contribution in [1.29, 1.82) is 0 Å². The van der Waals surface area contributed by atoms with E-state index in [0.29, 0.717) is 6.42 Å². The van der Waals surface area contributed by atoms with Crippen molar-refractivity contribution < 1.29 is 4.84 Å². The molecule has 19 heavy (non-hydrogen) atoms. The molecule has 0 aromatic heterocycles. The van der Waals surface area contributed by atoms with E-state index in [9.17, 15) is 0 Å². The van der Waals surface area contributed by atoms with Gasteiger partial charge in [-0.1, -0.05) is 65.8 Å². The highest BCUT2D eigenvalue weighted by Crippen LogP contribution is 2.41. The van der Waals surface area contributed by atoms with E-state index in [1.54, 1.807) is 0 Å². The van der Waals surface area contributed by atoms with Crippen molar-refractivity contribution in [3.05, 3.63) is 78.7 Å². The first-order valence-electron chi connectivity index (χ1n) is 6.49. The number of benzene rings is 2. The number of hydrogen-bond acceptors (Lipinski definition) is 2. The Morgan fingerprint density at radius 1 is 0.947 bits per heavy atom. The Labute approximate surface area is 113 Å². The molecule has 0 bridgehead atoms. The van der Waals surface area contributed by atoms with E-state index in [1.807, 2.05) is 36.4 Å². The summed E-state index contributed by atoms with van der Waals surface area (Å²) in [6, 6.07) is 20.5. The van der Waals surface area contributed by atoms with Gasteiger partial charge in [-0.05, 0) is 13.3 Å².